The number of nitrogens with zero attached hydrogens (tertiary/aromatic N) is 1. The number of benzene rings is 2. The Morgan fingerprint density at radius 2 is 1.78 bits per heavy atom. The van der Waals surface area contributed by atoms with Crippen molar-refractivity contribution in [3.8, 4) is 0 Å². The first-order chi connectivity index (χ1) is 11.0. The molecule has 0 spiro atoms. The molecule has 3 nitrogen and oxygen atoms in total. The molecule has 0 aromatic heterocycles. The molecule has 23 heavy (non-hydrogen) atoms. The smallest absolute Gasteiger partial charge is 0.238 e. The van der Waals surface area contributed by atoms with E-state index in [4.69, 9.17) is 0 Å². The van der Waals surface area contributed by atoms with Crippen molar-refractivity contribution >= 4 is 11.6 Å². The third-order valence-corrected chi connectivity index (χ3v) is 3.75. The van der Waals surface area contributed by atoms with E-state index in [1.54, 1.807) is 19.1 Å². The minimum absolute atomic E-state index is 0.152. The highest BCUT2D eigenvalue weighted by molar-refractivity contribution is 5.92. The van der Waals surface area contributed by atoms with Crippen LogP contribution in [0.3, 0.4) is 0 Å². The van der Waals surface area contributed by atoms with Crippen molar-refractivity contribution in [1.82, 2.24) is 4.90 Å². The molecule has 2 aromatic rings. The van der Waals surface area contributed by atoms with Gasteiger partial charge in [0, 0.05) is 12.2 Å². The van der Waals surface area contributed by atoms with Gasteiger partial charge < -0.3 is 5.32 Å². The Balaban J connectivity index is 1.87. The van der Waals surface area contributed by atoms with Gasteiger partial charge in [-0.15, -0.1) is 0 Å². The second-order valence-electron chi connectivity index (χ2n) is 5.85. The molecule has 0 aliphatic carbocycles. The highest BCUT2D eigenvalue weighted by Gasteiger charge is 2.08. The lowest BCUT2D eigenvalue weighted by Crippen LogP contribution is -2.29. The molecule has 4 heteroatoms. The van der Waals surface area contributed by atoms with Gasteiger partial charge in [-0.05, 0) is 49.2 Å². The quantitative estimate of drug-likeness (QED) is 0.880. The summed E-state index contributed by atoms with van der Waals surface area (Å²) in [7, 11) is 1.89. The van der Waals surface area contributed by atoms with Crippen molar-refractivity contribution in [3.05, 3.63) is 65.0 Å². The Bertz CT molecular complexity index is 668. The largest absolute Gasteiger partial charge is 0.325 e. The first-order valence-corrected chi connectivity index (χ1v) is 7.80. The molecule has 1 N–H and O–H groups in total. The van der Waals surface area contributed by atoms with Crippen LogP contribution in [0.2, 0.25) is 0 Å². The van der Waals surface area contributed by atoms with Crippen molar-refractivity contribution in [3.63, 3.8) is 0 Å². The summed E-state index contributed by atoms with van der Waals surface area (Å²) in [5.74, 6) is -0.465. The summed E-state index contributed by atoms with van der Waals surface area (Å²) in [6.45, 7) is 4.77. The molecule has 0 heterocycles. The molecular weight excluding hydrogens is 291 g/mol. The third-order valence-electron chi connectivity index (χ3n) is 3.75. The van der Waals surface area contributed by atoms with Crippen LogP contribution in [0, 0.1) is 12.7 Å². The monoisotopic (exact) mass is 314 g/mol. The second kappa shape index (κ2) is 7.88. The van der Waals surface area contributed by atoms with Crippen LogP contribution >= 0.6 is 0 Å². The topological polar surface area (TPSA) is 32.3 Å². The number of amides is 1. The van der Waals surface area contributed by atoms with Gasteiger partial charge in [-0.3, -0.25) is 9.69 Å². The first kappa shape index (κ1) is 17.2. The summed E-state index contributed by atoms with van der Waals surface area (Å²) in [5, 5.41) is 2.72. The fourth-order valence-electron chi connectivity index (χ4n) is 2.36. The van der Waals surface area contributed by atoms with Crippen molar-refractivity contribution in [2.24, 2.45) is 0 Å². The Morgan fingerprint density at radius 3 is 2.39 bits per heavy atom. The Labute approximate surface area is 137 Å². The number of hydrogen-bond acceptors (Lipinski definition) is 2. The summed E-state index contributed by atoms with van der Waals surface area (Å²) in [5.41, 5.74) is 3.52. The van der Waals surface area contributed by atoms with Crippen molar-refractivity contribution in [2.75, 3.05) is 18.9 Å². The minimum Gasteiger partial charge on any atom is -0.325 e. The zero-order chi connectivity index (χ0) is 16.8. The maximum absolute atomic E-state index is 13.5. The number of hydrogen-bond donors (Lipinski definition) is 1. The number of likely N-dealkylation sites (N-methyl/N-ethyl adjacent to an activating group) is 1. The van der Waals surface area contributed by atoms with Gasteiger partial charge in [-0.25, -0.2) is 4.39 Å². The molecule has 122 valence electrons. The van der Waals surface area contributed by atoms with E-state index in [1.165, 1.54) is 17.2 Å². The molecule has 0 aliphatic rings. The molecular formula is C19H23FN2O. The molecule has 0 saturated carbocycles. The van der Waals surface area contributed by atoms with E-state index in [-0.39, 0.29) is 18.3 Å². The SMILES string of the molecule is CCc1ccc(CN(C)CC(=O)Nc2ccc(C)c(F)c2)cc1. The zero-order valence-corrected chi connectivity index (χ0v) is 13.9. The number of aryl methyl sites for hydroxylation is 2. The van der Waals surface area contributed by atoms with Gasteiger partial charge in [0.1, 0.15) is 5.82 Å². The van der Waals surface area contributed by atoms with E-state index in [9.17, 15) is 9.18 Å². The zero-order valence-electron chi connectivity index (χ0n) is 13.9. The summed E-state index contributed by atoms with van der Waals surface area (Å²) < 4.78 is 13.5. The van der Waals surface area contributed by atoms with E-state index < -0.39 is 0 Å². The van der Waals surface area contributed by atoms with Gasteiger partial charge in [-0.1, -0.05) is 37.3 Å². The van der Waals surface area contributed by atoms with Gasteiger partial charge in [0.2, 0.25) is 5.91 Å². The van der Waals surface area contributed by atoms with E-state index in [0.29, 0.717) is 17.8 Å². The molecule has 0 radical (unpaired) electrons. The molecule has 0 bridgehead atoms. The minimum atomic E-state index is -0.313. The van der Waals surface area contributed by atoms with Gasteiger partial charge in [-0.2, -0.15) is 0 Å². The average molecular weight is 314 g/mol. The number of nitrogens with one attached hydrogen (secondary N) is 1. The lowest BCUT2D eigenvalue weighted by molar-refractivity contribution is -0.117. The summed E-state index contributed by atoms with van der Waals surface area (Å²) >= 11 is 0. The van der Waals surface area contributed by atoms with Crippen LogP contribution in [0.5, 0.6) is 0 Å². The van der Waals surface area contributed by atoms with Gasteiger partial charge >= 0.3 is 0 Å². The summed E-state index contributed by atoms with van der Waals surface area (Å²) in [6, 6.07) is 13.1. The van der Waals surface area contributed by atoms with Crippen LogP contribution in [-0.2, 0) is 17.8 Å². The molecule has 0 saturated heterocycles. The first-order valence-electron chi connectivity index (χ1n) is 7.80. The lowest BCUT2D eigenvalue weighted by Gasteiger charge is -2.16. The van der Waals surface area contributed by atoms with Gasteiger partial charge in [0.15, 0.2) is 0 Å². The van der Waals surface area contributed by atoms with Crippen molar-refractivity contribution < 1.29 is 9.18 Å². The predicted octanol–water partition coefficient (Wildman–Crippen LogP) is 3.77. The number of carbonyl (C=O) groups excluding carboxylic acids is 1. The van der Waals surface area contributed by atoms with E-state index in [1.807, 2.05) is 11.9 Å². The second-order valence-corrected chi connectivity index (χ2v) is 5.85. The normalized spacial score (nSPS) is 10.8. The van der Waals surface area contributed by atoms with Crippen LogP contribution in [0.25, 0.3) is 0 Å². The lowest BCUT2D eigenvalue weighted by atomic mass is 10.1. The number of anilines is 1. The molecule has 1 amide bonds. The molecule has 2 aromatic carbocycles. The molecule has 0 unspecified atom stereocenters. The Hall–Kier alpha value is -2.20. The van der Waals surface area contributed by atoms with E-state index in [0.717, 1.165) is 6.42 Å². The molecule has 0 aliphatic heterocycles. The fourth-order valence-corrected chi connectivity index (χ4v) is 2.36. The molecule has 2 rings (SSSR count). The van der Waals surface area contributed by atoms with Crippen LogP contribution in [0.1, 0.15) is 23.6 Å². The summed E-state index contributed by atoms with van der Waals surface area (Å²) in [6.07, 6.45) is 1.02. The van der Waals surface area contributed by atoms with Gasteiger partial charge in [0.25, 0.3) is 0 Å². The summed E-state index contributed by atoms with van der Waals surface area (Å²) in [4.78, 5) is 14.0. The van der Waals surface area contributed by atoms with Crippen molar-refractivity contribution in [2.45, 2.75) is 26.8 Å². The van der Waals surface area contributed by atoms with Crippen LogP contribution in [0.15, 0.2) is 42.5 Å². The fraction of sp³-hybridized carbons (Fsp3) is 0.316. The number of rotatable bonds is 6. The number of carbonyl (C=O) groups is 1. The highest BCUT2D eigenvalue weighted by atomic mass is 19.1. The third kappa shape index (κ3) is 5.18. The molecule has 0 atom stereocenters. The van der Waals surface area contributed by atoms with Crippen LogP contribution in [0.4, 0.5) is 10.1 Å². The van der Waals surface area contributed by atoms with E-state index >= 15 is 0 Å². The number of halogens is 1. The highest BCUT2D eigenvalue weighted by Crippen LogP contribution is 2.13. The van der Waals surface area contributed by atoms with Crippen molar-refractivity contribution in [1.29, 1.82) is 0 Å². The maximum Gasteiger partial charge on any atom is 0.238 e. The van der Waals surface area contributed by atoms with Crippen LogP contribution in [-0.4, -0.2) is 24.4 Å². The van der Waals surface area contributed by atoms with Crippen LogP contribution < -0.4 is 5.32 Å². The average Bonchev–Trinajstić information content (AvgIpc) is 2.51. The Kier molecular flexibility index (Phi) is 5.88. The predicted molar refractivity (Wildman–Crippen MR) is 91.9 cm³/mol. The standard InChI is InChI=1S/C19H23FN2O/c1-4-15-6-8-16(9-7-15)12-22(3)13-19(23)21-17-10-5-14(2)18(20)11-17/h5-11H,4,12-13H2,1-3H3,(H,21,23). The Morgan fingerprint density at radius 1 is 1.13 bits per heavy atom. The van der Waals surface area contributed by atoms with Gasteiger partial charge in [0.05, 0.1) is 6.54 Å². The maximum atomic E-state index is 13.5. The van der Waals surface area contributed by atoms with E-state index in [2.05, 4.69) is 36.5 Å². The molecule has 0 fully saturated rings.